The van der Waals surface area contributed by atoms with Gasteiger partial charge < -0.3 is 4.90 Å². The molecule has 2 saturated heterocycles. The maximum absolute atomic E-state index is 13.2. The Morgan fingerprint density at radius 2 is 1.73 bits per heavy atom. The lowest BCUT2D eigenvalue weighted by Crippen LogP contribution is -2.62. The number of rotatable bonds is 3. The molecule has 0 aliphatic carbocycles. The largest absolute Gasteiger partial charge is 0.346 e. The topological polar surface area (TPSA) is 60.9 Å². The van der Waals surface area contributed by atoms with Crippen LogP contribution in [0.1, 0.15) is 31.7 Å². The van der Waals surface area contributed by atoms with Crippen LogP contribution in [-0.4, -0.2) is 74.2 Å². The van der Waals surface area contributed by atoms with E-state index in [-0.39, 0.29) is 11.4 Å². The first kappa shape index (κ1) is 19.3. The molecule has 2 heterocycles. The highest BCUT2D eigenvalue weighted by molar-refractivity contribution is 7.89. The summed E-state index contributed by atoms with van der Waals surface area (Å²) in [5.41, 5.74) is 0.860. The zero-order valence-corrected chi connectivity index (χ0v) is 16.8. The smallest absolute Gasteiger partial charge is 0.243 e. The fraction of sp³-hybridized carbons (Fsp3) is 0.632. The second kappa shape index (κ2) is 7.29. The highest BCUT2D eigenvalue weighted by atomic mass is 32.2. The number of carbonyl (C=O) groups excluding carboxylic acids is 1. The third-order valence-electron chi connectivity index (χ3n) is 6.08. The highest BCUT2D eigenvalue weighted by Gasteiger charge is 2.44. The molecule has 2 aliphatic rings. The Morgan fingerprint density at radius 1 is 1.04 bits per heavy atom. The molecule has 7 heteroatoms. The molecule has 1 amide bonds. The van der Waals surface area contributed by atoms with E-state index in [1.807, 2.05) is 19.2 Å². The number of piperazine rings is 1. The molecule has 1 aromatic carbocycles. The number of benzene rings is 1. The Balaban J connectivity index is 1.85. The Hall–Kier alpha value is -1.44. The van der Waals surface area contributed by atoms with Gasteiger partial charge in [0.1, 0.15) is 0 Å². The first-order valence-electron chi connectivity index (χ1n) is 9.33. The number of hydrogen-bond donors (Lipinski definition) is 0. The second-order valence-electron chi connectivity index (χ2n) is 7.55. The van der Waals surface area contributed by atoms with Gasteiger partial charge in [-0.2, -0.15) is 4.31 Å². The summed E-state index contributed by atoms with van der Waals surface area (Å²) in [5, 5.41) is 0. The lowest BCUT2D eigenvalue weighted by Gasteiger charge is -2.48. The van der Waals surface area contributed by atoms with E-state index >= 15 is 0 Å². The number of likely N-dealkylation sites (N-methyl/N-ethyl adjacent to an activating group) is 1. The van der Waals surface area contributed by atoms with E-state index in [9.17, 15) is 13.2 Å². The van der Waals surface area contributed by atoms with Crippen LogP contribution in [0.15, 0.2) is 29.2 Å². The van der Waals surface area contributed by atoms with E-state index in [4.69, 9.17) is 0 Å². The van der Waals surface area contributed by atoms with Crippen LogP contribution in [0.3, 0.4) is 0 Å². The number of amides is 1. The summed E-state index contributed by atoms with van der Waals surface area (Å²) in [7, 11) is 0.362. The van der Waals surface area contributed by atoms with Crippen molar-refractivity contribution < 1.29 is 13.2 Å². The summed E-state index contributed by atoms with van der Waals surface area (Å²) in [6.45, 7) is 4.34. The second-order valence-corrected chi connectivity index (χ2v) is 9.49. The van der Waals surface area contributed by atoms with Gasteiger partial charge in [-0.3, -0.25) is 9.69 Å². The fourth-order valence-electron chi connectivity index (χ4n) is 3.97. The number of hydrogen-bond acceptors (Lipinski definition) is 4. The molecule has 26 heavy (non-hydrogen) atoms. The van der Waals surface area contributed by atoms with Crippen molar-refractivity contribution in [3.8, 4) is 0 Å². The summed E-state index contributed by atoms with van der Waals surface area (Å²) in [4.78, 5) is 16.5. The van der Waals surface area contributed by atoms with Gasteiger partial charge in [0.2, 0.25) is 15.9 Å². The normalized spacial score (nSPS) is 26.3. The quantitative estimate of drug-likeness (QED) is 0.800. The summed E-state index contributed by atoms with van der Waals surface area (Å²) < 4.78 is 27.9. The van der Waals surface area contributed by atoms with E-state index in [0.29, 0.717) is 43.9 Å². The molecule has 1 spiro atoms. The molecule has 0 bridgehead atoms. The highest BCUT2D eigenvalue weighted by Crippen LogP contribution is 2.34. The van der Waals surface area contributed by atoms with Crippen LogP contribution < -0.4 is 0 Å². The molecule has 144 valence electrons. The maximum Gasteiger partial charge on any atom is 0.243 e. The molecule has 0 saturated carbocycles. The standard InChI is InChI=1S/C19H29N3O3S/c1-4-16-5-7-17(8-6-16)26(24,25)22-14-13-21(3)19(15-22)10-9-18(23)20(2)12-11-19/h5-8H,4,9-15H2,1-3H3/t19-/m0/s1. The number of aryl methyl sites for hydroxylation is 1. The molecule has 3 rings (SSSR count). The van der Waals surface area contributed by atoms with Crippen molar-refractivity contribution in [3.63, 3.8) is 0 Å². The number of carbonyl (C=O) groups is 1. The Morgan fingerprint density at radius 3 is 2.38 bits per heavy atom. The van der Waals surface area contributed by atoms with Gasteiger partial charge in [-0.1, -0.05) is 19.1 Å². The van der Waals surface area contributed by atoms with E-state index in [0.717, 1.165) is 18.4 Å². The minimum absolute atomic E-state index is 0.144. The first-order chi connectivity index (χ1) is 12.3. The first-order valence-corrected chi connectivity index (χ1v) is 10.8. The molecule has 2 aliphatic heterocycles. The molecule has 1 atom stereocenters. The molecule has 0 radical (unpaired) electrons. The van der Waals surface area contributed by atoms with Crippen LogP contribution in [0.4, 0.5) is 0 Å². The van der Waals surface area contributed by atoms with Gasteiger partial charge in [-0.05, 0) is 44.0 Å². The number of likely N-dealkylation sites (tertiary alicyclic amines) is 1. The molecule has 0 unspecified atom stereocenters. The molecular formula is C19H29N3O3S. The summed E-state index contributed by atoms with van der Waals surface area (Å²) >= 11 is 0. The third kappa shape index (κ3) is 3.52. The number of nitrogens with zero attached hydrogens (tertiary/aromatic N) is 3. The van der Waals surface area contributed by atoms with Crippen LogP contribution in [0, 0.1) is 0 Å². The minimum atomic E-state index is -3.52. The molecule has 6 nitrogen and oxygen atoms in total. The average Bonchev–Trinajstić information content (AvgIpc) is 2.78. The molecule has 0 aromatic heterocycles. The summed E-state index contributed by atoms with van der Waals surface area (Å²) in [5.74, 6) is 0.144. The van der Waals surface area contributed by atoms with E-state index in [1.165, 1.54) is 0 Å². The van der Waals surface area contributed by atoms with Gasteiger partial charge >= 0.3 is 0 Å². The predicted octanol–water partition coefficient (Wildman–Crippen LogP) is 1.57. The minimum Gasteiger partial charge on any atom is -0.346 e. The van der Waals surface area contributed by atoms with Crippen molar-refractivity contribution in [1.82, 2.24) is 14.1 Å². The van der Waals surface area contributed by atoms with Gasteiger partial charge in [0, 0.05) is 45.2 Å². The van der Waals surface area contributed by atoms with Crippen molar-refractivity contribution in [3.05, 3.63) is 29.8 Å². The maximum atomic E-state index is 13.2. The molecule has 2 fully saturated rings. The van der Waals surface area contributed by atoms with Crippen LogP contribution in [0.25, 0.3) is 0 Å². The molecular weight excluding hydrogens is 350 g/mol. The number of sulfonamides is 1. The zero-order chi connectivity index (χ0) is 18.9. The van der Waals surface area contributed by atoms with Gasteiger partial charge in [-0.15, -0.1) is 0 Å². The van der Waals surface area contributed by atoms with Crippen molar-refractivity contribution >= 4 is 15.9 Å². The van der Waals surface area contributed by atoms with Crippen LogP contribution >= 0.6 is 0 Å². The van der Waals surface area contributed by atoms with Crippen LogP contribution in [0.5, 0.6) is 0 Å². The zero-order valence-electron chi connectivity index (χ0n) is 15.9. The Bertz CT molecular complexity index is 763. The Kier molecular flexibility index (Phi) is 5.42. The van der Waals surface area contributed by atoms with E-state index in [2.05, 4.69) is 18.9 Å². The van der Waals surface area contributed by atoms with Gasteiger partial charge in [0.25, 0.3) is 0 Å². The molecule has 0 N–H and O–H groups in total. The van der Waals surface area contributed by atoms with E-state index < -0.39 is 10.0 Å². The monoisotopic (exact) mass is 379 g/mol. The summed E-state index contributed by atoms with van der Waals surface area (Å²) in [6.07, 6.45) is 2.86. The van der Waals surface area contributed by atoms with Crippen LogP contribution in [-0.2, 0) is 21.2 Å². The third-order valence-corrected chi connectivity index (χ3v) is 7.94. The fourth-order valence-corrected chi connectivity index (χ4v) is 5.48. The predicted molar refractivity (Wildman–Crippen MR) is 101 cm³/mol. The van der Waals surface area contributed by atoms with E-state index in [1.54, 1.807) is 21.3 Å². The van der Waals surface area contributed by atoms with Gasteiger partial charge in [-0.25, -0.2) is 8.42 Å². The van der Waals surface area contributed by atoms with Crippen molar-refractivity contribution in [2.45, 2.75) is 43.0 Å². The Labute approximate surface area is 156 Å². The summed E-state index contributed by atoms with van der Waals surface area (Å²) in [6, 6.07) is 7.20. The van der Waals surface area contributed by atoms with Gasteiger partial charge in [0.05, 0.1) is 4.90 Å². The van der Waals surface area contributed by atoms with Crippen molar-refractivity contribution in [2.24, 2.45) is 0 Å². The average molecular weight is 380 g/mol. The molecule has 1 aromatic rings. The van der Waals surface area contributed by atoms with Gasteiger partial charge in [0.15, 0.2) is 0 Å². The lowest BCUT2D eigenvalue weighted by molar-refractivity contribution is -0.129. The SMILES string of the molecule is CCc1ccc(S(=O)(=O)N2CCN(C)[C@]3(CCC(=O)N(C)CC3)C2)cc1. The van der Waals surface area contributed by atoms with Crippen molar-refractivity contribution in [2.75, 3.05) is 40.3 Å². The van der Waals surface area contributed by atoms with Crippen molar-refractivity contribution in [1.29, 1.82) is 0 Å². The van der Waals surface area contributed by atoms with Crippen LogP contribution in [0.2, 0.25) is 0 Å². The lowest BCUT2D eigenvalue weighted by atomic mass is 9.87.